The van der Waals surface area contributed by atoms with Crippen molar-refractivity contribution in [2.75, 3.05) is 33.7 Å². The Morgan fingerprint density at radius 3 is 2.82 bits per heavy atom. The number of esters is 1. The number of halogens is 2. The minimum Gasteiger partial charge on any atom is -0.456 e. The Bertz CT molecular complexity index is 1410. The summed E-state index contributed by atoms with van der Waals surface area (Å²) in [4.78, 5) is 21.1. The Morgan fingerprint density at radius 1 is 1.32 bits per heavy atom. The van der Waals surface area contributed by atoms with Crippen molar-refractivity contribution in [3.8, 4) is 0 Å². The van der Waals surface area contributed by atoms with Crippen molar-refractivity contribution in [3.05, 3.63) is 65.0 Å². The summed E-state index contributed by atoms with van der Waals surface area (Å²) < 4.78 is 84.7. The molecule has 2 atom stereocenters. The van der Waals surface area contributed by atoms with Gasteiger partial charge in [-0.2, -0.15) is 0 Å². The molecule has 1 N–H and O–H groups in total. The van der Waals surface area contributed by atoms with Crippen LogP contribution in [-0.2, 0) is 26.6 Å². The number of aromatic nitrogens is 2. The number of nitrogens with zero attached hydrogens (tertiary/aromatic N) is 2. The molecule has 0 radical (unpaired) electrons. The van der Waals surface area contributed by atoms with Gasteiger partial charge in [-0.1, -0.05) is 43.7 Å². The van der Waals surface area contributed by atoms with Gasteiger partial charge in [-0.05, 0) is 56.5 Å². The van der Waals surface area contributed by atoms with Gasteiger partial charge in [0.05, 0.1) is 17.5 Å². The Balaban J connectivity index is 1.68. The average molecular weight is 533 g/mol. The maximum atomic E-state index is 15.9. The van der Waals surface area contributed by atoms with Crippen molar-refractivity contribution in [2.45, 2.75) is 63.9 Å². The number of methoxy groups -OCH3 is 1. The number of ether oxygens (including phenoxy) is 2. The number of hydrogen-bond acceptors (Lipinski definition) is 5. The fourth-order valence-electron chi connectivity index (χ4n) is 5.67. The van der Waals surface area contributed by atoms with Gasteiger partial charge in [0, 0.05) is 44.8 Å². The van der Waals surface area contributed by atoms with E-state index in [-0.39, 0.29) is 30.7 Å². The molecule has 2 aromatic carbocycles. The molecule has 0 spiro atoms. The van der Waals surface area contributed by atoms with Crippen LogP contribution in [0.5, 0.6) is 0 Å². The molecule has 206 valence electrons. The van der Waals surface area contributed by atoms with Crippen LogP contribution in [0, 0.1) is 12.8 Å². The van der Waals surface area contributed by atoms with Crippen molar-refractivity contribution in [2.24, 2.45) is 5.92 Å². The second kappa shape index (κ2) is 11.5. The molecule has 38 heavy (non-hydrogen) atoms. The monoisotopic (exact) mass is 532 g/mol. The van der Waals surface area contributed by atoms with E-state index in [4.69, 9.17) is 16.3 Å². The highest BCUT2D eigenvalue weighted by Gasteiger charge is 2.57. The highest BCUT2D eigenvalue weighted by molar-refractivity contribution is 5.74. The number of carbonyl (C=O) groups excluding carboxylic acids is 1. The number of para-hydroxylation sites is 2. The number of benzene rings is 2. The third-order valence-corrected chi connectivity index (χ3v) is 7.13. The molecule has 6 nitrogen and oxygen atoms in total. The van der Waals surface area contributed by atoms with Crippen molar-refractivity contribution in [3.63, 3.8) is 0 Å². The van der Waals surface area contributed by atoms with Gasteiger partial charge < -0.3 is 19.4 Å². The maximum Gasteiger partial charge on any atom is 0.332 e. The first-order valence-corrected chi connectivity index (χ1v) is 12.9. The molecular formula is C30H39F2N3O3. The molecule has 1 aliphatic carbocycles. The Hall–Kier alpha value is -2.84. The van der Waals surface area contributed by atoms with Gasteiger partial charge in [-0.15, -0.1) is 0 Å². The van der Waals surface area contributed by atoms with E-state index in [2.05, 4.69) is 9.97 Å². The normalized spacial score (nSPS) is 23.4. The lowest BCUT2D eigenvalue weighted by atomic mass is 9.64. The molecule has 4 rings (SSSR count). The maximum absolute atomic E-state index is 15.9. The van der Waals surface area contributed by atoms with Crippen LogP contribution in [0.3, 0.4) is 0 Å². The van der Waals surface area contributed by atoms with Crippen LogP contribution in [0.4, 0.5) is 8.78 Å². The number of aromatic amines is 1. The number of fused-ring (bicyclic) bond motifs is 2. The fourth-order valence-corrected chi connectivity index (χ4v) is 5.67. The largest absolute Gasteiger partial charge is 0.456 e. The van der Waals surface area contributed by atoms with Gasteiger partial charge in [0.25, 0.3) is 5.92 Å². The third kappa shape index (κ3) is 6.07. The molecular weight excluding hydrogens is 488 g/mol. The minimum atomic E-state index is -3.38. The summed E-state index contributed by atoms with van der Waals surface area (Å²) in [5.41, 5.74) is 0.510. The quantitative estimate of drug-likeness (QED) is 0.307. The first kappa shape index (κ1) is 22.0. The van der Waals surface area contributed by atoms with E-state index in [1.165, 1.54) is 13.2 Å². The van der Waals surface area contributed by atoms with Crippen molar-refractivity contribution in [1.82, 2.24) is 14.9 Å². The van der Waals surface area contributed by atoms with Gasteiger partial charge in [0.1, 0.15) is 18.0 Å². The van der Waals surface area contributed by atoms with Gasteiger partial charge in [-0.25, -0.2) is 18.6 Å². The summed E-state index contributed by atoms with van der Waals surface area (Å²) in [5.74, 6) is -4.72. The Morgan fingerprint density at radius 2 is 2.11 bits per heavy atom. The molecule has 1 aliphatic rings. The fraction of sp³-hybridized carbons (Fsp3) is 0.533. The predicted octanol–water partition coefficient (Wildman–Crippen LogP) is 5.99. The van der Waals surface area contributed by atoms with Crippen LogP contribution in [0.25, 0.3) is 11.0 Å². The number of nitrogens with one attached hydrogen (secondary N) is 1. The summed E-state index contributed by atoms with van der Waals surface area (Å²) in [6, 6.07) is 12.1. The zero-order valence-corrected chi connectivity index (χ0v) is 22.3. The molecule has 0 fully saturated rings. The topological polar surface area (TPSA) is 67.4 Å². The highest BCUT2D eigenvalue weighted by atomic mass is 19.3. The van der Waals surface area contributed by atoms with Crippen LogP contribution in [0.1, 0.15) is 68.4 Å². The second-order valence-electron chi connectivity index (χ2n) is 10.4. The van der Waals surface area contributed by atoms with E-state index in [1.807, 2.05) is 38.1 Å². The molecule has 0 bridgehead atoms. The first-order valence-electron chi connectivity index (χ1n) is 15.4. The molecule has 1 heterocycles. The highest BCUT2D eigenvalue weighted by Crippen LogP contribution is 2.55. The first-order chi connectivity index (χ1) is 20.0. The van der Waals surface area contributed by atoms with E-state index >= 15 is 8.78 Å². The van der Waals surface area contributed by atoms with E-state index in [0.717, 1.165) is 5.52 Å². The molecule has 0 unspecified atom stereocenters. The number of alkyl halides is 2. The van der Waals surface area contributed by atoms with Crippen molar-refractivity contribution in [1.29, 1.82) is 0 Å². The van der Waals surface area contributed by atoms with Crippen LogP contribution in [0.15, 0.2) is 42.5 Å². The lowest BCUT2D eigenvalue weighted by molar-refractivity contribution is -0.188. The van der Waals surface area contributed by atoms with Crippen LogP contribution in [0.2, 0.25) is 0 Å². The van der Waals surface area contributed by atoms with Crippen molar-refractivity contribution >= 4 is 17.0 Å². The van der Waals surface area contributed by atoms with Crippen LogP contribution < -0.4 is 0 Å². The van der Waals surface area contributed by atoms with E-state index in [9.17, 15) is 4.79 Å². The predicted molar refractivity (Wildman–Crippen MR) is 144 cm³/mol. The zero-order valence-electron chi connectivity index (χ0n) is 27.3. The van der Waals surface area contributed by atoms with Crippen LogP contribution >= 0.6 is 0 Å². The average Bonchev–Trinajstić information content (AvgIpc) is 3.30. The molecule has 0 aliphatic heterocycles. The van der Waals surface area contributed by atoms with Gasteiger partial charge in [-0.3, -0.25) is 0 Å². The molecule has 0 amide bonds. The summed E-state index contributed by atoms with van der Waals surface area (Å²) in [5, 5.41) is 0. The number of imidazole rings is 1. The molecule has 0 saturated heterocycles. The number of rotatable bonds is 11. The smallest absolute Gasteiger partial charge is 0.332 e. The lowest BCUT2D eigenvalue weighted by Crippen LogP contribution is -2.52. The van der Waals surface area contributed by atoms with Gasteiger partial charge >= 0.3 is 5.97 Å². The minimum absolute atomic E-state index is 0.113. The van der Waals surface area contributed by atoms with Gasteiger partial charge in [0.2, 0.25) is 0 Å². The Labute approximate surface area is 230 Å². The van der Waals surface area contributed by atoms with E-state index in [1.54, 1.807) is 19.1 Å². The summed E-state index contributed by atoms with van der Waals surface area (Å²) in [7, 11) is 1.29. The number of hydrogen-bond donors (Lipinski definition) is 1. The SMILES string of the molecule is [2H]C([2H])([2H])N(CC[C@@]1(OC(=O)COC)CC(F)(F)c2cc(C)ccc2[C@@H]1C(C)C)C([2H])([2H])CCc1nc2ccccc2[nH]1. The second-order valence-corrected chi connectivity index (χ2v) is 10.4. The Kier molecular flexibility index (Phi) is 6.66. The standard InChI is InChI=1S/C30H39F2N3O3/c1-20(2)28-22-13-12-21(3)17-23(22)30(31,32)19-29(28,38-27(36)18-37-5)14-16-35(4)15-8-11-26-33-24-9-6-7-10-25(24)34-26/h6-7,9-10,12-13,17,20,28H,8,11,14-16,18-19H2,1-5H3,(H,33,34)/t28-,29+/m0/s1/i4D3,15D2. The summed E-state index contributed by atoms with van der Waals surface area (Å²) in [6.07, 6.45) is -1.32. The molecule has 0 saturated carbocycles. The lowest BCUT2D eigenvalue weighted by Gasteiger charge is -2.49. The third-order valence-electron chi connectivity index (χ3n) is 7.13. The number of carbonyl (C=O) groups is 1. The van der Waals surface area contributed by atoms with Gasteiger partial charge in [0.15, 0.2) is 0 Å². The summed E-state index contributed by atoms with van der Waals surface area (Å²) >= 11 is 0. The zero-order chi connectivity index (χ0) is 31.8. The van der Waals surface area contributed by atoms with Crippen LogP contribution in [-0.4, -0.2) is 60.2 Å². The number of H-pyrrole nitrogens is 1. The molecule has 1 aromatic heterocycles. The van der Waals surface area contributed by atoms with Crippen molar-refractivity contribution < 1.29 is 29.9 Å². The van der Waals surface area contributed by atoms with E-state index < -0.39 is 56.5 Å². The van der Waals surface area contributed by atoms with E-state index in [0.29, 0.717) is 27.4 Å². The molecule has 3 aromatic rings. The number of aryl methyl sites for hydroxylation is 2. The summed E-state index contributed by atoms with van der Waals surface area (Å²) in [6.45, 7) is -0.820. The molecule has 8 heteroatoms.